The SMILES string of the molecule is CCc1cccc(C)c1NC(=O)CSC1=C(C#N)[C@@H](c2cccc(Br)c2)[C@@H](C(=O)OC)C(=O)N1. The molecule has 0 saturated heterocycles. The van der Waals surface area contributed by atoms with Crippen LogP contribution in [0.5, 0.6) is 0 Å². The van der Waals surface area contributed by atoms with Gasteiger partial charge < -0.3 is 15.4 Å². The van der Waals surface area contributed by atoms with Crippen LogP contribution in [0.15, 0.2) is 57.5 Å². The van der Waals surface area contributed by atoms with Crippen molar-refractivity contribution >= 4 is 51.2 Å². The molecule has 176 valence electrons. The summed E-state index contributed by atoms with van der Waals surface area (Å²) in [5.74, 6) is -3.65. The highest BCUT2D eigenvalue weighted by atomic mass is 79.9. The summed E-state index contributed by atoms with van der Waals surface area (Å²) in [5, 5.41) is 15.8. The number of anilines is 1. The number of thioether (sulfide) groups is 1. The fourth-order valence-corrected chi connectivity index (χ4v) is 5.16. The highest BCUT2D eigenvalue weighted by Gasteiger charge is 2.44. The quantitative estimate of drug-likeness (QED) is 0.396. The lowest BCUT2D eigenvalue weighted by molar-refractivity contribution is -0.150. The van der Waals surface area contributed by atoms with Crippen molar-refractivity contribution in [3.8, 4) is 6.07 Å². The summed E-state index contributed by atoms with van der Waals surface area (Å²) in [6, 6.07) is 15.1. The first-order valence-electron chi connectivity index (χ1n) is 10.6. The first-order valence-corrected chi connectivity index (χ1v) is 12.4. The van der Waals surface area contributed by atoms with Crippen LogP contribution in [0.1, 0.15) is 29.5 Å². The predicted octanol–water partition coefficient (Wildman–Crippen LogP) is 4.43. The summed E-state index contributed by atoms with van der Waals surface area (Å²) in [6.45, 7) is 3.94. The molecule has 1 aliphatic rings. The molecule has 2 N–H and O–H groups in total. The number of halogens is 1. The molecule has 2 aromatic rings. The van der Waals surface area contributed by atoms with Crippen LogP contribution in [0.4, 0.5) is 5.69 Å². The Morgan fingerprint density at radius 1 is 1.26 bits per heavy atom. The zero-order chi connectivity index (χ0) is 24.8. The normalized spacial score (nSPS) is 17.6. The molecule has 1 aliphatic heterocycles. The van der Waals surface area contributed by atoms with Gasteiger partial charge in [0, 0.05) is 16.1 Å². The Kier molecular flexibility index (Phi) is 8.53. The largest absolute Gasteiger partial charge is 0.468 e. The standard InChI is InChI=1S/C25H24BrN3O4S/c1-4-15-8-5-7-14(2)22(15)28-19(30)13-34-24-18(12-27)20(16-9-6-10-17(26)11-16)21(23(31)29-24)25(32)33-3/h5-11,20-21H,4,13H2,1-3H3,(H,28,30)(H,29,31)/t20-,21-/m1/s1. The van der Waals surface area contributed by atoms with E-state index in [9.17, 15) is 19.6 Å². The molecule has 0 fully saturated rings. The van der Waals surface area contributed by atoms with E-state index in [0.717, 1.165) is 39.5 Å². The molecule has 2 aromatic carbocycles. The molecule has 34 heavy (non-hydrogen) atoms. The Labute approximate surface area is 211 Å². The number of carbonyl (C=O) groups excluding carboxylic acids is 3. The number of amides is 2. The highest BCUT2D eigenvalue weighted by molar-refractivity contribution is 9.10. The number of nitrogens with zero attached hydrogens (tertiary/aromatic N) is 1. The topological polar surface area (TPSA) is 108 Å². The van der Waals surface area contributed by atoms with Gasteiger partial charge in [-0.3, -0.25) is 14.4 Å². The third-order valence-corrected chi connectivity index (χ3v) is 7.05. The third-order valence-electron chi connectivity index (χ3n) is 5.54. The molecule has 2 atom stereocenters. The molecule has 0 bridgehead atoms. The van der Waals surface area contributed by atoms with Gasteiger partial charge in [0.2, 0.25) is 11.8 Å². The number of nitrogens with one attached hydrogen (secondary N) is 2. The number of methoxy groups -OCH3 is 1. The smallest absolute Gasteiger partial charge is 0.319 e. The van der Waals surface area contributed by atoms with Crippen LogP contribution in [0.25, 0.3) is 0 Å². The summed E-state index contributed by atoms with van der Waals surface area (Å²) >= 11 is 4.45. The Morgan fingerprint density at radius 3 is 2.65 bits per heavy atom. The third kappa shape index (κ3) is 5.51. The van der Waals surface area contributed by atoms with Gasteiger partial charge in [-0.05, 0) is 42.2 Å². The van der Waals surface area contributed by atoms with Gasteiger partial charge >= 0.3 is 5.97 Å². The zero-order valence-corrected chi connectivity index (χ0v) is 21.4. The van der Waals surface area contributed by atoms with Crippen LogP contribution in [-0.2, 0) is 25.5 Å². The molecule has 0 spiro atoms. The lowest BCUT2D eigenvalue weighted by Crippen LogP contribution is -2.44. The van der Waals surface area contributed by atoms with Crippen molar-refractivity contribution in [2.45, 2.75) is 26.2 Å². The number of hydrogen-bond acceptors (Lipinski definition) is 6. The minimum absolute atomic E-state index is 0.0215. The zero-order valence-electron chi connectivity index (χ0n) is 19.0. The first kappa shape index (κ1) is 25.5. The van der Waals surface area contributed by atoms with Crippen LogP contribution in [0.3, 0.4) is 0 Å². The van der Waals surface area contributed by atoms with Gasteiger partial charge in [0.25, 0.3) is 0 Å². The molecule has 9 heteroatoms. The molecular formula is C25H24BrN3O4S. The van der Waals surface area contributed by atoms with Crippen molar-refractivity contribution in [3.05, 3.63) is 74.2 Å². The van der Waals surface area contributed by atoms with Gasteiger partial charge in [-0.2, -0.15) is 5.26 Å². The van der Waals surface area contributed by atoms with E-state index in [0.29, 0.717) is 5.56 Å². The van der Waals surface area contributed by atoms with Crippen LogP contribution in [-0.4, -0.2) is 30.6 Å². The lowest BCUT2D eigenvalue weighted by atomic mass is 9.78. The number of hydrogen-bond donors (Lipinski definition) is 2. The summed E-state index contributed by atoms with van der Waals surface area (Å²) in [6.07, 6.45) is 0.771. The first-order chi connectivity index (χ1) is 16.3. The monoisotopic (exact) mass is 541 g/mol. The van der Waals surface area contributed by atoms with Gasteiger partial charge in [0.15, 0.2) is 0 Å². The summed E-state index contributed by atoms with van der Waals surface area (Å²) in [5.41, 5.74) is 3.57. The van der Waals surface area contributed by atoms with Crippen molar-refractivity contribution in [3.63, 3.8) is 0 Å². The number of nitriles is 1. The van der Waals surface area contributed by atoms with Crippen LogP contribution in [0.2, 0.25) is 0 Å². The fraction of sp³-hybridized carbons (Fsp3) is 0.280. The molecule has 0 unspecified atom stereocenters. The highest BCUT2D eigenvalue weighted by Crippen LogP contribution is 2.40. The van der Waals surface area contributed by atoms with E-state index in [4.69, 9.17) is 4.74 Å². The number of carbonyl (C=O) groups is 3. The van der Waals surface area contributed by atoms with E-state index in [2.05, 4.69) is 32.6 Å². The number of benzene rings is 2. The molecule has 3 rings (SSSR count). The lowest BCUT2D eigenvalue weighted by Gasteiger charge is -2.31. The van der Waals surface area contributed by atoms with Gasteiger partial charge in [-0.15, -0.1) is 0 Å². The molecule has 0 aliphatic carbocycles. The van der Waals surface area contributed by atoms with Gasteiger partial charge in [-0.25, -0.2) is 0 Å². The van der Waals surface area contributed by atoms with E-state index >= 15 is 0 Å². The van der Waals surface area contributed by atoms with Crippen LogP contribution >= 0.6 is 27.7 Å². The van der Waals surface area contributed by atoms with Crippen LogP contribution in [0, 0.1) is 24.2 Å². The minimum Gasteiger partial charge on any atom is -0.468 e. The summed E-state index contributed by atoms with van der Waals surface area (Å²) in [7, 11) is 1.20. The summed E-state index contributed by atoms with van der Waals surface area (Å²) < 4.78 is 5.60. The second-order valence-electron chi connectivity index (χ2n) is 7.68. The number of allylic oxidation sites excluding steroid dienone is 1. The van der Waals surface area contributed by atoms with Crippen molar-refractivity contribution in [2.24, 2.45) is 5.92 Å². The number of rotatable bonds is 7. The van der Waals surface area contributed by atoms with E-state index < -0.39 is 23.7 Å². The van der Waals surface area contributed by atoms with Crippen molar-refractivity contribution < 1.29 is 19.1 Å². The minimum atomic E-state index is -1.22. The fourth-order valence-electron chi connectivity index (χ4n) is 3.89. The maximum Gasteiger partial charge on any atom is 0.319 e. The number of para-hydroxylation sites is 1. The van der Waals surface area contributed by atoms with E-state index in [-0.39, 0.29) is 22.3 Å². The molecule has 1 heterocycles. The van der Waals surface area contributed by atoms with Crippen molar-refractivity contribution in [2.75, 3.05) is 18.2 Å². The van der Waals surface area contributed by atoms with Crippen molar-refractivity contribution in [1.29, 1.82) is 5.26 Å². The maximum atomic E-state index is 12.9. The molecule has 0 radical (unpaired) electrons. The van der Waals surface area contributed by atoms with Crippen molar-refractivity contribution in [1.82, 2.24) is 5.32 Å². The Bertz CT molecular complexity index is 1200. The number of esters is 1. The Hall–Kier alpha value is -3.09. The Morgan fingerprint density at radius 2 is 2.00 bits per heavy atom. The van der Waals surface area contributed by atoms with Crippen LogP contribution < -0.4 is 10.6 Å². The predicted molar refractivity (Wildman–Crippen MR) is 135 cm³/mol. The Balaban J connectivity index is 1.91. The van der Waals surface area contributed by atoms with E-state index in [1.165, 1.54) is 7.11 Å². The summed E-state index contributed by atoms with van der Waals surface area (Å²) in [4.78, 5) is 38.1. The number of ether oxygens (including phenoxy) is 1. The van der Waals surface area contributed by atoms with Gasteiger partial charge in [0.1, 0.15) is 5.92 Å². The molecule has 7 nitrogen and oxygen atoms in total. The van der Waals surface area contributed by atoms with E-state index in [1.807, 2.05) is 38.1 Å². The second-order valence-corrected chi connectivity index (χ2v) is 9.58. The second kappa shape index (κ2) is 11.4. The van der Waals surface area contributed by atoms with E-state index in [1.54, 1.807) is 18.2 Å². The average Bonchev–Trinajstić information content (AvgIpc) is 2.83. The maximum absolute atomic E-state index is 12.9. The molecule has 0 aromatic heterocycles. The average molecular weight is 542 g/mol. The molecule has 0 saturated carbocycles. The number of aryl methyl sites for hydroxylation is 2. The van der Waals surface area contributed by atoms with Gasteiger partial charge in [-0.1, -0.05) is 64.9 Å². The van der Waals surface area contributed by atoms with Gasteiger partial charge in [0.05, 0.1) is 29.5 Å². The molecule has 2 amide bonds. The molecular weight excluding hydrogens is 518 g/mol.